The molecule has 0 aliphatic heterocycles. The van der Waals surface area contributed by atoms with E-state index >= 15 is 0 Å². The lowest BCUT2D eigenvalue weighted by atomic mass is 10.1. The van der Waals surface area contributed by atoms with Gasteiger partial charge in [-0.15, -0.1) is 0 Å². The second kappa shape index (κ2) is 11.4. The number of H-pyrrole nitrogens is 1. The Kier molecular flexibility index (Phi) is 8.27. The maximum Gasteiger partial charge on any atom is 0.255 e. The Bertz CT molecular complexity index is 959. The monoisotopic (exact) mass is 425 g/mol. The van der Waals surface area contributed by atoms with Gasteiger partial charge >= 0.3 is 0 Å². The minimum atomic E-state index is -0.119. The number of aromatic amines is 1. The van der Waals surface area contributed by atoms with E-state index in [0.717, 1.165) is 50.3 Å². The largest absolute Gasteiger partial charge is 0.357 e. The number of unbranched alkanes of at least 4 members (excludes halogenated alkanes) is 1. The average molecular weight is 426 g/mol. The van der Waals surface area contributed by atoms with E-state index in [9.17, 15) is 4.79 Å². The molecule has 0 aliphatic rings. The van der Waals surface area contributed by atoms with Crippen LogP contribution in [0.4, 0.5) is 11.8 Å². The summed E-state index contributed by atoms with van der Waals surface area (Å²) in [6.45, 7) is 4.88. The fourth-order valence-corrected chi connectivity index (χ4v) is 3.37. The summed E-state index contributed by atoms with van der Waals surface area (Å²) in [6, 6.07) is 13.5. The minimum absolute atomic E-state index is 0.119. The molecule has 0 spiro atoms. The number of pyridine rings is 1. The fraction of sp³-hybridized carbons (Fsp3) is 0.348. The molecule has 7 heteroatoms. The van der Waals surface area contributed by atoms with Gasteiger partial charge in [0.15, 0.2) is 0 Å². The first-order valence-electron chi connectivity index (χ1n) is 10.4. The van der Waals surface area contributed by atoms with Gasteiger partial charge in [-0.3, -0.25) is 9.78 Å². The quantitative estimate of drug-likeness (QED) is 0.442. The molecule has 3 aromatic rings. The van der Waals surface area contributed by atoms with Crippen molar-refractivity contribution in [2.45, 2.75) is 32.6 Å². The SMILES string of the molecule is CCCN(CCCCNc1ncc(Cc2ccc(Cl)cc2)c(=O)[nH]1)c1ccccn1. The average Bonchev–Trinajstić information content (AvgIpc) is 2.76. The summed E-state index contributed by atoms with van der Waals surface area (Å²) < 4.78 is 0. The van der Waals surface area contributed by atoms with Crippen LogP contribution in [0, 0.1) is 0 Å². The molecule has 0 radical (unpaired) electrons. The van der Waals surface area contributed by atoms with Crippen LogP contribution in [0.25, 0.3) is 0 Å². The molecule has 2 N–H and O–H groups in total. The molecule has 0 aliphatic carbocycles. The Morgan fingerprint density at radius 2 is 1.90 bits per heavy atom. The zero-order valence-corrected chi connectivity index (χ0v) is 18.0. The molecule has 2 heterocycles. The highest BCUT2D eigenvalue weighted by atomic mass is 35.5. The van der Waals surface area contributed by atoms with E-state index in [2.05, 4.69) is 32.1 Å². The van der Waals surface area contributed by atoms with Crippen LogP contribution < -0.4 is 15.8 Å². The maximum absolute atomic E-state index is 12.3. The summed E-state index contributed by atoms with van der Waals surface area (Å²) in [5.41, 5.74) is 1.54. The van der Waals surface area contributed by atoms with E-state index in [4.69, 9.17) is 11.6 Å². The molecule has 0 fully saturated rings. The topological polar surface area (TPSA) is 73.9 Å². The van der Waals surface area contributed by atoms with E-state index < -0.39 is 0 Å². The number of halogens is 1. The summed E-state index contributed by atoms with van der Waals surface area (Å²) in [7, 11) is 0. The predicted octanol–water partition coefficient (Wildman–Crippen LogP) is 4.52. The Labute approximate surface area is 182 Å². The molecule has 0 atom stereocenters. The Hall–Kier alpha value is -2.86. The lowest BCUT2D eigenvalue weighted by Gasteiger charge is -2.23. The summed E-state index contributed by atoms with van der Waals surface area (Å²) in [4.78, 5) is 26.3. The maximum atomic E-state index is 12.3. The third-order valence-corrected chi connectivity index (χ3v) is 5.05. The zero-order valence-electron chi connectivity index (χ0n) is 17.3. The summed E-state index contributed by atoms with van der Waals surface area (Å²) in [5, 5.41) is 3.89. The van der Waals surface area contributed by atoms with Gasteiger partial charge in [-0.25, -0.2) is 9.97 Å². The molecule has 2 aromatic heterocycles. The highest BCUT2D eigenvalue weighted by Crippen LogP contribution is 2.13. The van der Waals surface area contributed by atoms with Gasteiger partial charge in [-0.2, -0.15) is 0 Å². The molecule has 0 amide bonds. The first-order valence-corrected chi connectivity index (χ1v) is 10.8. The van der Waals surface area contributed by atoms with Crippen molar-refractivity contribution < 1.29 is 0 Å². The number of nitrogens with zero attached hydrogens (tertiary/aromatic N) is 3. The predicted molar refractivity (Wildman–Crippen MR) is 124 cm³/mol. The normalized spacial score (nSPS) is 10.7. The van der Waals surface area contributed by atoms with Crippen molar-refractivity contribution in [1.82, 2.24) is 15.0 Å². The van der Waals surface area contributed by atoms with Crippen LogP contribution in [0.5, 0.6) is 0 Å². The van der Waals surface area contributed by atoms with Crippen LogP contribution in [-0.2, 0) is 6.42 Å². The fourth-order valence-electron chi connectivity index (χ4n) is 3.25. The van der Waals surface area contributed by atoms with E-state index in [1.807, 2.05) is 48.7 Å². The van der Waals surface area contributed by atoms with Crippen LogP contribution in [0.3, 0.4) is 0 Å². The molecule has 30 heavy (non-hydrogen) atoms. The van der Waals surface area contributed by atoms with Crippen molar-refractivity contribution in [3.8, 4) is 0 Å². The number of benzene rings is 1. The molecule has 0 bridgehead atoms. The zero-order chi connectivity index (χ0) is 21.2. The number of nitrogens with one attached hydrogen (secondary N) is 2. The molecule has 0 saturated heterocycles. The van der Waals surface area contributed by atoms with Crippen LogP contribution in [0.1, 0.15) is 37.3 Å². The van der Waals surface area contributed by atoms with Crippen molar-refractivity contribution in [3.63, 3.8) is 0 Å². The Balaban J connectivity index is 1.45. The Morgan fingerprint density at radius 3 is 2.60 bits per heavy atom. The minimum Gasteiger partial charge on any atom is -0.357 e. The van der Waals surface area contributed by atoms with Crippen LogP contribution in [0.2, 0.25) is 5.02 Å². The van der Waals surface area contributed by atoms with Crippen molar-refractivity contribution >= 4 is 23.4 Å². The summed E-state index contributed by atoms with van der Waals surface area (Å²) in [6.07, 6.45) is 7.09. The van der Waals surface area contributed by atoms with Gasteiger partial charge in [-0.1, -0.05) is 36.7 Å². The number of rotatable bonds is 11. The van der Waals surface area contributed by atoms with Crippen LogP contribution in [0.15, 0.2) is 59.7 Å². The number of aromatic nitrogens is 3. The van der Waals surface area contributed by atoms with Crippen molar-refractivity contribution in [2.75, 3.05) is 29.9 Å². The van der Waals surface area contributed by atoms with Crippen molar-refractivity contribution in [1.29, 1.82) is 0 Å². The molecule has 158 valence electrons. The van der Waals surface area contributed by atoms with Crippen molar-refractivity contribution in [3.05, 3.63) is 81.4 Å². The third-order valence-electron chi connectivity index (χ3n) is 4.79. The highest BCUT2D eigenvalue weighted by Gasteiger charge is 2.07. The highest BCUT2D eigenvalue weighted by molar-refractivity contribution is 6.30. The molecular formula is C23H28ClN5O. The van der Waals surface area contributed by atoms with Gasteiger partial charge < -0.3 is 10.2 Å². The molecule has 6 nitrogen and oxygen atoms in total. The number of hydrogen-bond acceptors (Lipinski definition) is 5. The van der Waals surface area contributed by atoms with Gasteiger partial charge in [0.2, 0.25) is 5.95 Å². The second-order valence-corrected chi connectivity index (χ2v) is 7.63. The Morgan fingerprint density at radius 1 is 1.07 bits per heavy atom. The third kappa shape index (κ3) is 6.59. The molecule has 3 rings (SSSR count). The summed E-state index contributed by atoms with van der Waals surface area (Å²) in [5.74, 6) is 1.53. The van der Waals surface area contributed by atoms with Gasteiger partial charge in [0.25, 0.3) is 5.56 Å². The van der Waals surface area contributed by atoms with Gasteiger partial charge in [0.1, 0.15) is 5.82 Å². The number of hydrogen-bond donors (Lipinski definition) is 2. The smallest absolute Gasteiger partial charge is 0.255 e. The first kappa shape index (κ1) is 21.8. The van der Waals surface area contributed by atoms with Crippen molar-refractivity contribution in [2.24, 2.45) is 0 Å². The molecule has 0 saturated carbocycles. The van der Waals surface area contributed by atoms with E-state index in [-0.39, 0.29) is 5.56 Å². The van der Waals surface area contributed by atoms with E-state index in [0.29, 0.717) is 23.0 Å². The number of anilines is 2. The van der Waals surface area contributed by atoms with Gasteiger partial charge in [0.05, 0.1) is 0 Å². The lowest BCUT2D eigenvalue weighted by molar-refractivity contribution is 0.683. The van der Waals surface area contributed by atoms with Gasteiger partial charge in [0, 0.05) is 49.0 Å². The summed E-state index contributed by atoms with van der Waals surface area (Å²) >= 11 is 5.91. The van der Waals surface area contributed by atoms with Gasteiger partial charge in [-0.05, 0) is 49.1 Å². The lowest BCUT2D eigenvalue weighted by Crippen LogP contribution is -2.26. The van der Waals surface area contributed by atoms with Crippen LogP contribution in [-0.4, -0.2) is 34.6 Å². The first-order chi connectivity index (χ1) is 14.7. The van der Waals surface area contributed by atoms with E-state index in [1.165, 1.54) is 0 Å². The standard InChI is InChI=1S/C23H28ClN5O/c1-2-14-29(21-7-3-4-12-25-21)15-6-5-13-26-23-27-17-19(22(30)28-23)16-18-8-10-20(24)11-9-18/h3-4,7-12,17H,2,5-6,13-16H2,1H3,(H2,26,27,28,30). The second-order valence-electron chi connectivity index (χ2n) is 7.20. The molecule has 0 unspecified atom stereocenters. The molecular weight excluding hydrogens is 398 g/mol. The van der Waals surface area contributed by atoms with Crippen LogP contribution >= 0.6 is 11.6 Å². The molecule has 1 aromatic carbocycles. The van der Waals surface area contributed by atoms with E-state index in [1.54, 1.807) is 6.20 Å².